The first-order valence-electron chi connectivity index (χ1n) is 8.88. The predicted molar refractivity (Wildman–Crippen MR) is 104 cm³/mol. The largest absolute Gasteiger partial charge is 0.507 e. The SMILES string of the molecule is C/C=C/COc1cc(O)c(C(=O)OC)c(CC(=O)CP(=O)(OCC)OCC)c1. The van der Waals surface area contributed by atoms with Crippen molar-refractivity contribution in [3.05, 3.63) is 35.4 Å². The number of carbonyl (C=O) groups excluding carboxylic acids is 2. The maximum atomic E-state index is 12.6. The fraction of sp³-hybridized carbons (Fsp3) is 0.474. The number of hydrogen-bond donors (Lipinski definition) is 1. The van der Waals surface area contributed by atoms with E-state index in [4.69, 9.17) is 13.8 Å². The molecule has 8 nitrogen and oxygen atoms in total. The molecule has 0 amide bonds. The number of carbonyl (C=O) groups is 2. The van der Waals surface area contributed by atoms with Gasteiger partial charge in [0, 0.05) is 12.5 Å². The molecule has 28 heavy (non-hydrogen) atoms. The molecule has 1 N–H and O–H groups in total. The Hall–Kier alpha value is -2.15. The number of benzene rings is 1. The quantitative estimate of drug-likeness (QED) is 0.314. The molecular weight excluding hydrogens is 387 g/mol. The van der Waals surface area contributed by atoms with Crippen molar-refractivity contribution in [2.75, 3.05) is 33.1 Å². The number of ether oxygens (including phenoxy) is 2. The molecule has 1 rings (SSSR count). The summed E-state index contributed by atoms with van der Waals surface area (Å²) >= 11 is 0. The molecule has 9 heteroatoms. The molecule has 1 aromatic rings. The number of ketones is 1. The first-order chi connectivity index (χ1) is 13.3. The minimum atomic E-state index is -3.57. The van der Waals surface area contributed by atoms with Gasteiger partial charge in [-0.1, -0.05) is 12.2 Å². The molecule has 0 unspecified atom stereocenters. The van der Waals surface area contributed by atoms with Gasteiger partial charge in [-0.2, -0.15) is 0 Å². The predicted octanol–water partition coefficient (Wildman–Crippen LogP) is 3.51. The van der Waals surface area contributed by atoms with Crippen LogP contribution in [0, 0.1) is 0 Å². The van der Waals surface area contributed by atoms with Gasteiger partial charge in [0.25, 0.3) is 0 Å². The molecule has 0 radical (unpaired) electrons. The number of hydrogen-bond acceptors (Lipinski definition) is 8. The second-order valence-corrected chi connectivity index (χ2v) is 7.72. The van der Waals surface area contributed by atoms with Crippen LogP contribution < -0.4 is 4.74 Å². The number of aromatic hydroxyl groups is 1. The van der Waals surface area contributed by atoms with E-state index in [1.54, 1.807) is 26.0 Å². The van der Waals surface area contributed by atoms with Crippen molar-refractivity contribution < 1.29 is 37.8 Å². The van der Waals surface area contributed by atoms with Gasteiger partial charge in [0.2, 0.25) is 0 Å². The first-order valence-corrected chi connectivity index (χ1v) is 10.6. The maximum absolute atomic E-state index is 12.6. The fourth-order valence-electron chi connectivity index (χ4n) is 2.46. The van der Waals surface area contributed by atoms with E-state index in [2.05, 4.69) is 4.74 Å². The van der Waals surface area contributed by atoms with Gasteiger partial charge < -0.3 is 23.6 Å². The Balaban J connectivity index is 3.15. The van der Waals surface area contributed by atoms with Crippen molar-refractivity contribution in [3.8, 4) is 11.5 Å². The van der Waals surface area contributed by atoms with Gasteiger partial charge in [0.1, 0.15) is 35.6 Å². The molecule has 1 aromatic carbocycles. The summed E-state index contributed by atoms with van der Waals surface area (Å²) in [5.74, 6) is -1.35. The van der Waals surface area contributed by atoms with Crippen molar-refractivity contribution in [1.82, 2.24) is 0 Å². The minimum absolute atomic E-state index is 0.132. The Labute approximate surface area is 165 Å². The van der Waals surface area contributed by atoms with Gasteiger partial charge in [0.15, 0.2) is 0 Å². The third kappa shape index (κ3) is 7.11. The van der Waals surface area contributed by atoms with Gasteiger partial charge in [-0.05, 0) is 32.4 Å². The summed E-state index contributed by atoms with van der Waals surface area (Å²) in [5, 5.41) is 10.2. The Morgan fingerprint density at radius 2 is 1.82 bits per heavy atom. The first kappa shape index (κ1) is 23.9. The van der Waals surface area contributed by atoms with E-state index in [0.29, 0.717) is 0 Å². The molecule has 0 aromatic heterocycles. The molecule has 0 bridgehead atoms. The standard InChI is InChI=1S/C19H27O8P/c1-5-8-9-25-16-11-14(18(17(21)12-16)19(22)24-4)10-15(20)13-28(23,26-6-2)27-7-3/h5,8,11-12,21H,6-7,9-10,13H2,1-4H3/b8-5+. The van der Waals surface area contributed by atoms with Gasteiger partial charge >= 0.3 is 13.6 Å². The molecule has 0 spiro atoms. The normalized spacial score (nSPS) is 11.6. The number of rotatable bonds is 12. The molecule has 0 saturated heterocycles. The van der Waals surface area contributed by atoms with Crippen LogP contribution in [0.4, 0.5) is 0 Å². The van der Waals surface area contributed by atoms with Crippen LogP contribution in [0.25, 0.3) is 0 Å². The van der Waals surface area contributed by atoms with Crippen LogP contribution in [0.5, 0.6) is 11.5 Å². The Kier molecular flexibility index (Phi) is 9.93. The van der Waals surface area contributed by atoms with Gasteiger partial charge in [-0.3, -0.25) is 9.36 Å². The summed E-state index contributed by atoms with van der Waals surface area (Å²) in [4.78, 5) is 24.6. The van der Waals surface area contributed by atoms with Crippen LogP contribution in [-0.4, -0.2) is 50.0 Å². The number of allylic oxidation sites excluding steroid dienone is 1. The van der Waals surface area contributed by atoms with Crippen LogP contribution in [0.2, 0.25) is 0 Å². The Morgan fingerprint density at radius 3 is 2.36 bits per heavy atom. The smallest absolute Gasteiger partial charge is 0.341 e. The summed E-state index contributed by atoms with van der Waals surface area (Å²) in [6.45, 7) is 5.65. The van der Waals surface area contributed by atoms with Crippen LogP contribution >= 0.6 is 7.60 Å². The molecule has 0 heterocycles. The molecule has 0 aliphatic heterocycles. The highest BCUT2D eigenvalue weighted by molar-refractivity contribution is 7.54. The average molecular weight is 414 g/mol. The molecule has 0 aliphatic carbocycles. The van der Waals surface area contributed by atoms with Crippen molar-refractivity contribution in [1.29, 1.82) is 0 Å². The minimum Gasteiger partial charge on any atom is -0.507 e. The lowest BCUT2D eigenvalue weighted by atomic mass is 10.0. The number of methoxy groups -OCH3 is 1. The lowest BCUT2D eigenvalue weighted by Gasteiger charge is -2.17. The van der Waals surface area contributed by atoms with Crippen LogP contribution in [-0.2, 0) is 29.6 Å². The zero-order valence-electron chi connectivity index (χ0n) is 16.6. The van der Waals surface area contributed by atoms with E-state index in [-0.39, 0.29) is 48.9 Å². The van der Waals surface area contributed by atoms with Crippen molar-refractivity contribution >= 4 is 19.3 Å². The third-order valence-corrected chi connectivity index (χ3v) is 5.60. The van der Waals surface area contributed by atoms with E-state index in [1.807, 2.05) is 6.92 Å². The highest BCUT2D eigenvalue weighted by Gasteiger charge is 2.29. The Bertz CT molecular complexity index is 747. The van der Waals surface area contributed by atoms with E-state index in [0.717, 1.165) is 0 Å². The lowest BCUT2D eigenvalue weighted by Crippen LogP contribution is -2.15. The number of Topliss-reactive ketones (excluding diaryl/α,β-unsaturated/α-hetero) is 1. The van der Waals surface area contributed by atoms with Gasteiger partial charge in [-0.25, -0.2) is 4.79 Å². The van der Waals surface area contributed by atoms with E-state index in [1.165, 1.54) is 19.2 Å². The second kappa shape index (κ2) is 11.6. The Morgan fingerprint density at radius 1 is 1.18 bits per heavy atom. The second-order valence-electron chi connectivity index (χ2n) is 5.67. The topological polar surface area (TPSA) is 108 Å². The maximum Gasteiger partial charge on any atom is 0.341 e. The van der Waals surface area contributed by atoms with Crippen molar-refractivity contribution in [2.24, 2.45) is 0 Å². The van der Waals surface area contributed by atoms with Crippen molar-refractivity contribution in [2.45, 2.75) is 27.2 Å². The number of phenols is 1. The molecular formula is C19H27O8P. The average Bonchev–Trinajstić information content (AvgIpc) is 2.61. The summed E-state index contributed by atoms with van der Waals surface area (Å²) in [7, 11) is -2.40. The number of phenolic OH excluding ortho intramolecular Hbond substituents is 1. The summed E-state index contributed by atoms with van der Waals surface area (Å²) in [6, 6.07) is 2.74. The molecule has 0 aliphatic rings. The zero-order valence-corrected chi connectivity index (χ0v) is 17.5. The van der Waals surface area contributed by atoms with E-state index >= 15 is 0 Å². The number of esters is 1. The third-order valence-electron chi connectivity index (χ3n) is 3.55. The van der Waals surface area contributed by atoms with E-state index in [9.17, 15) is 19.3 Å². The van der Waals surface area contributed by atoms with Crippen LogP contribution in [0.1, 0.15) is 36.7 Å². The molecule has 156 valence electrons. The monoisotopic (exact) mass is 414 g/mol. The van der Waals surface area contributed by atoms with Crippen LogP contribution in [0.15, 0.2) is 24.3 Å². The molecule has 0 fully saturated rings. The zero-order chi connectivity index (χ0) is 21.2. The van der Waals surface area contributed by atoms with Crippen LogP contribution in [0.3, 0.4) is 0 Å². The van der Waals surface area contributed by atoms with Gasteiger partial charge in [0.05, 0.1) is 20.3 Å². The fourth-order valence-corrected chi connectivity index (χ4v) is 4.05. The van der Waals surface area contributed by atoms with Gasteiger partial charge in [-0.15, -0.1) is 0 Å². The highest BCUT2D eigenvalue weighted by Crippen LogP contribution is 2.48. The van der Waals surface area contributed by atoms with E-state index < -0.39 is 25.5 Å². The summed E-state index contributed by atoms with van der Waals surface area (Å²) < 4.78 is 33.0. The molecule has 0 saturated carbocycles. The summed E-state index contributed by atoms with van der Waals surface area (Å²) in [6.07, 6.45) is 2.84. The summed E-state index contributed by atoms with van der Waals surface area (Å²) in [5.41, 5.74) is 0.0590. The van der Waals surface area contributed by atoms with Crippen molar-refractivity contribution in [3.63, 3.8) is 0 Å². The highest BCUT2D eigenvalue weighted by atomic mass is 31.2. The lowest BCUT2D eigenvalue weighted by molar-refractivity contribution is -0.116. The molecule has 0 atom stereocenters.